The topological polar surface area (TPSA) is 21.7 Å². The minimum absolute atomic E-state index is 0.721. The van der Waals surface area contributed by atoms with E-state index in [4.69, 9.17) is 9.47 Å². The van der Waals surface area contributed by atoms with E-state index < -0.39 is 10.0 Å². The normalized spacial score (nSPS) is 14.2. The predicted octanol–water partition coefficient (Wildman–Crippen LogP) is 13.3. The van der Waals surface area contributed by atoms with Gasteiger partial charge in [-0.2, -0.15) is 10.0 Å². The molecule has 7 aromatic carbocycles. The summed E-state index contributed by atoms with van der Waals surface area (Å²) in [7, 11) is -1.21. The summed E-state index contributed by atoms with van der Waals surface area (Å²) in [5, 5.41) is 0. The van der Waals surface area contributed by atoms with Crippen LogP contribution in [0.5, 0.6) is 23.0 Å². The van der Waals surface area contributed by atoms with Crippen molar-refractivity contribution in [1.82, 2.24) is 0 Å². The Morgan fingerprint density at radius 1 is 0.469 bits per heavy atom. The summed E-state index contributed by atoms with van der Waals surface area (Å²) in [4.78, 5) is 7.94. The number of para-hydroxylation sites is 3. The minimum atomic E-state index is -1.21. The summed E-state index contributed by atoms with van der Waals surface area (Å²) >= 11 is 1.89. The van der Waals surface area contributed by atoms with Gasteiger partial charge in [0.05, 0.1) is 5.69 Å². The van der Waals surface area contributed by atoms with Crippen LogP contribution in [0.4, 0.5) is 17.1 Å². The van der Waals surface area contributed by atoms with E-state index >= 15 is 0 Å². The zero-order chi connectivity index (χ0) is 33.0. The molecule has 0 N–H and O–H groups in total. The van der Waals surface area contributed by atoms with Crippen molar-refractivity contribution < 1.29 is 9.47 Å². The summed E-state index contributed by atoms with van der Waals surface area (Å²) in [6.45, 7) is 0. The van der Waals surface area contributed by atoms with Crippen LogP contribution in [-0.4, -0.2) is 12.5 Å². The third-order valence-corrected chi connectivity index (χ3v) is 13.7. The minimum Gasteiger partial charge on any atom is -0.449 e. The first-order chi connectivity index (χ1) is 24.0. The number of hydrogen-bond acceptors (Lipinski definition) is 4. The lowest BCUT2D eigenvalue weighted by Crippen LogP contribution is -2.14. The molecule has 0 aliphatic carbocycles. The molecule has 0 saturated heterocycles. The number of rotatable bonds is 5. The number of fused-ring (bicyclic) bond motifs is 4. The monoisotopic (exact) mass is 671 g/mol. The van der Waals surface area contributed by atoms with Gasteiger partial charge in [-0.25, -0.2) is 0 Å². The van der Waals surface area contributed by atoms with E-state index in [1.165, 1.54) is 36.4 Å². The average molecular weight is 672 g/mol. The number of hydrogen-bond donors (Lipinski definition) is 0. The molecule has 0 amide bonds. The first-order valence-electron chi connectivity index (χ1n) is 16.3. The molecule has 5 heteroatoms. The number of anilines is 3. The average Bonchev–Trinajstić information content (AvgIpc) is 3.15. The second kappa shape index (κ2) is 12.0. The molecule has 2 aliphatic heterocycles. The Morgan fingerprint density at radius 3 is 1.80 bits per heavy atom. The second-order valence-corrected chi connectivity index (χ2v) is 17.1. The lowest BCUT2D eigenvalue weighted by molar-refractivity contribution is 0.361. The van der Waals surface area contributed by atoms with Crippen molar-refractivity contribution in [2.75, 3.05) is 17.4 Å². The lowest BCUT2D eigenvalue weighted by Gasteiger charge is -2.41. The molecule has 0 radical (unpaired) electrons. The molecular weight excluding hydrogens is 639 g/mol. The zero-order valence-electron chi connectivity index (χ0n) is 27.2. The van der Waals surface area contributed by atoms with Gasteiger partial charge in [0, 0.05) is 36.5 Å². The van der Waals surface area contributed by atoms with E-state index in [0.717, 1.165) is 45.5 Å². The SMILES string of the molecule is CS1(C)c2ccccc2Sc2c(N(c3ccc(-c4ccccc4)cc3)c3ccc(-c4cccc5c4Oc4ccccc4O5)cc3)cccc21. The van der Waals surface area contributed by atoms with Gasteiger partial charge in [-0.3, -0.25) is 0 Å². The highest BCUT2D eigenvalue weighted by Gasteiger charge is 2.32. The molecule has 0 aromatic heterocycles. The van der Waals surface area contributed by atoms with Crippen molar-refractivity contribution in [3.63, 3.8) is 0 Å². The van der Waals surface area contributed by atoms with Gasteiger partial charge < -0.3 is 14.4 Å². The Kier molecular flexibility index (Phi) is 7.26. The highest BCUT2D eigenvalue weighted by atomic mass is 32.3. The standard InChI is InChI=1S/C44H33NO2S2/c1-49(2)41-20-9-8-19-40(41)48-44-36(15-11-21-42(44)49)45(33-26-22-31(23-27-33)30-12-4-3-5-13-30)34-28-24-32(25-29-34)35-14-10-18-39-43(35)47-38-17-7-6-16-37(38)46-39/h3-29H,1-2H3. The molecular formula is C44H33NO2S2. The highest BCUT2D eigenvalue weighted by molar-refractivity contribution is 8.33. The van der Waals surface area contributed by atoms with E-state index in [1.54, 1.807) is 0 Å². The fourth-order valence-corrected chi connectivity index (χ4v) is 11.5. The summed E-state index contributed by atoms with van der Waals surface area (Å²) in [6.07, 6.45) is 4.85. The Balaban J connectivity index is 1.15. The molecule has 2 heterocycles. The fourth-order valence-electron chi connectivity index (χ4n) is 6.80. The Labute approximate surface area is 293 Å². The van der Waals surface area contributed by atoms with Crippen LogP contribution in [0.2, 0.25) is 0 Å². The van der Waals surface area contributed by atoms with Gasteiger partial charge in [-0.15, -0.1) is 0 Å². The van der Waals surface area contributed by atoms with E-state index in [1.807, 2.05) is 48.2 Å². The van der Waals surface area contributed by atoms with Crippen molar-refractivity contribution in [2.24, 2.45) is 0 Å². The van der Waals surface area contributed by atoms with Crippen molar-refractivity contribution >= 4 is 38.9 Å². The van der Waals surface area contributed by atoms with E-state index in [2.05, 4.69) is 145 Å². The predicted molar refractivity (Wildman–Crippen MR) is 205 cm³/mol. The Bertz CT molecular complexity index is 2330. The van der Waals surface area contributed by atoms with Gasteiger partial charge in [0.1, 0.15) is 0 Å². The summed E-state index contributed by atoms with van der Waals surface area (Å²) in [5.41, 5.74) is 7.84. The van der Waals surface area contributed by atoms with Gasteiger partial charge in [0.25, 0.3) is 0 Å². The summed E-state index contributed by atoms with van der Waals surface area (Å²) in [5.74, 6) is 2.91. The molecule has 0 fully saturated rings. The lowest BCUT2D eigenvalue weighted by atomic mass is 10.0. The highest BCUT2D eigenvalue weighted by Crippen LogP contribution is 2.67. The van der Waals surface area contributed by atoms with E-state index in [-0.39, 0.29) is 0 Å². The second-order valence-electron chi connectivity index (χ2n) is 12.6. The third-order valence-electron chi connectivity index (χ3n) is 9.29. The Morgan fingerprint density at radius 2 is 1.04 bits per heavy atom. The number of ether oxygens (including phenoxy) is 2. The molecule has 9 rings (SSSR count). The van der Waals surface area contributed by atoms with Gasteiger partial charge in [0.15, 0.2) is 23.0 Å². The van der Waals surface area contributed by atoms with Crippen molar-refractivity contribution in [3.8, 4) is 45.3 Å². The summed E-state index contributed by atoms with van der Waals surface area (Å²) in [6, 6.07) is 57.9. The van der Waals surface area contributed by atoms with Gasteiger partial charge in [0.2, 0.25) is 0 Å². The van der Waals surface area contributed by atoms with E-state index in [0.29, 0.717) is 0 Å². The first-order valence-corrected chi connectivity index (χ1v) is 19.6. The van der Waals surface area contributed by atoms with Crippen molar-refractivity contribution in [1.29, 1.82) is 0 Å². The molecule has 3 nitrogen and oxygen atoms in total. The van der Waals surface area contributed by atoms with E-state index in [9.17, 15) is 0 Å². The van der Waals surface area contributed by atoms with Crippen LogP contribution >= 0.6 is 21.8 Å². The number of nitrogens with zero attached hydrogens (tertiary/aromatic N) is 1. The van der Waals surface area contributed by atoms with Gasteiger partial charge in [-0.05, 0) is 95.9 Å². The van der Waals surface area contributed by atoms with Crippen LogP contribution in [-0.2, 0) is 0 Å². The largest absolute Gasteiger partial charge is 0.449 e. The van der Waals surface area contributed by atoms with Crippen molar-refractivity contribution in [2.45, 2.75) is 19.6 Å². The first kappa shape index (κ1) is 29.8. The van der Waals surface area contributed by atoms with Crippen LogP contribution in [0.15, 0.2) is 183 Å². The molecule has 49 heavy (non-hydrogen) atoms. The molecule has 0 unspecified atom stereocenters. The summed E-state index contributed by atoms with van der Waals surface area (Å²) < 4.78 is 12.6. The molecule has 0 atom stereocenters. The van der Waals surface area contributed by atoms with Crippen LogP contribution in [0.25, 0.3) is 22.3 Å². The molecule has 0 bridgehead atoms. The quantitative estimate of drug-likeness (QED) is 0.182. The maximum absolute atomic E-state index is 6.40. The molecule has 7 aromatic rings. The smallest absolute Gasteiger partial charge is 0.177 e. The maximum Gasteiger partial charge on any atom is 0.177 e. The third kappa shape index (κ3) is 5.18. The molecule has 2 aliphatic rings. The van der Waals surface area contributed by atoms with Crippen LogP contribution < -0.4 is 14.4 Å². The molecule has 238 valence electrons. The van der Waals surface area contributed by atoms with Gasteiger partial charge >= 0.3 is 0 Å². The molecule has 0 saturated carbocycles. The maximum atomic E-state index is 6.40. The van der Waals surface area contributed by atoms with Crippen molar-refractivity contribution in [3.05, 3.63) is 164 Å². The van der Waals surface area contributed by atoms with Crippen LogP contribution in [0.1, 0.15) is 0 Å². The number of benzene rings is 7. The van der Waals surface area contributed by atoms with Crippen LogP contribution in [0.3, 0.4) is 0 Å². The fraction of sp³-hybridized carbons (Fsp3) is 0.0455. The zero-order valence-corrected chi connectivity index (χ0v) is 28.8. The van der Waals surface area contributed by atoms with Crippen LogP contribution in [0, 0.1) is 0 Å². The molecule has 0 spiro atoms. The Hall–Kier alpha value is -5.36. The van der Waals surface area contributed by atoms with Gasteiger partial charge in [-0.1, -0.05) is 109 Å².